The van der Waals surface area contributed by atoms with Crippen molar-refractivity contribution in [3.8, 4) is 6.07 Å². The molecule has 0 aliphatic carbocycles. The summed E-state index contributed by atoms with van der Waals surface area (Å²) in [5.41, 5.74) is 1.99. The number of hydrogen-bond donors (Lipinski definition) is 0. The smallest absolute Gasteiger partial charge is 0.338 e. The van der Waals surface area contributed by atoms with E-state index in [0.29, 0.717) is 22.8 Å². The number of ether oxygens (including phenoxy) is 1. The largest absolute Gasteiger partial charge is 0.452 e. The molecule has 1 aliphatic heterocycles. The van der Waals surface area contributed by atoms with Gasteiger partial charge in [-0.15, -0.1) is 0 Å². The minimum absolute atomic E-state index is 0.103. The average molecular weight is 476 g/mol. The standard InChI is InChI=1S/C22H22ClN3O5S/c1-15-11-17-12-16(7-8-20(17)26(15)32(2,29)30)22(28)31-14-21(27)25(10-4-9-24)19-6-3-5-18(23)13-19/h3,5-8,12-13,15H,4,10-11,14H2,1-2H3. The molecule has 2 aromatic rings. The van der Waals surface area contributed by atoms with Crippen LogP contribution in [0, 0.1) is 11.3 Å². The van der Waals surface area contributed by atoms with Gasteiger partial charge in [0.2, 0.25) is 10.0 Å². The number of esters is 1. The molecule has 8 nitrogen and oxygen atoms in total. The second-order valence-electron chi connectivity index (χ2n) is 7.46. The van der Waals surface area contributed by atoms with Crippen molar-refractivity contribution in [1.82, 2.24) is 0 Å². The van der Waals surface area contributed by atoms with Gasteiger partial charge in [-0.1, -0.05) is 17.7 Å². The zero-order valence-electron chi connectivity index (χ0n) is 17.6. The summed E-state index contributed by atoms with van der Waals surface area (Å²) in [6.07, 6.45) is 1.72. The van der Waals surface area contributed by atoms with E-state index in [1.807, 2.05) is 6.07 Å². The van der Waals surface area contributed by atoms with E-state index in [1.165, 1.54) is 15.3 Å². The van der Waals surface area contributed by atoms with Crippen LogP contribution >= 0.6 is 11.6 Å². The van der Waals surface area contributed by atoms with Gasteiger partial charge < -0.3 is 9.64 Å². The quantitative estimate of drug-likeness (QED) is 0.569. The number of nitrogens with zero attached hydrogens (tertiary/aromatic N) is 3. The van der Waals surface area contributed by atoms with Gasteiger partial charge in [-0.2, -0.15) is 5.26 Å². The summed E-state index contributed by atoms with van der Waals surface area (Å²) in [4.78, 5) is 26.6. The van der Waals surface area contributed by atoms with Crippen LogP contribution in [-0.4, -0.2) is 45.7 Å². The predicted octanol–water partition coefficient (Wildman–Crippen LogP) is 3.15. The number of carbonyl (C=O) groups excluding carboxylic acids is 2. The molecule has 1 amide bonds. The second-order valence-corrected chi connectivity index (χ2v) is 9.76. The molecule has 0 aromatic heterocycles. The second kappa shape index (κ2) is 9.59. The molecule has 1 heterocycles. The van der Waals surface area contributed by atoms with E-state index in [2.05, 4.69) is 0 Å². The molecule has 0 radical (unpaired) electrons. The summed E-state index contributed by atoms with van der Waals surface area (Å²) >= 11 is 6.00. The first-order valence-corrected chi connectivity index (χ1v) is 12.1. The van der Waals surface area contributed by atoms with E-state index in [4.69, 9.17) is 21.6 Å². The molecule has 0 saturated carbocycles. The number of sulfonamides is 1. The van der Waals surface area contributed by atoms with Crippen molar-refractivity contribution in [3.63, 3.8) is 0 Å². The van der Waals surface area contributed by atoms with Gasteiger partial charge in [-0.25, -0.2) is 13.2 Å². The molecule has 1 aliphatic rings. The summed E-state index contributed by atoms with van der Waals surface area (Å²) in [7, 11) is -3.43. The molecule has 2 aromatic carbocycles. The molecule has 1 atom stereocenters. The van der Waals surface area contributed by atoms with Crippen LogP contribution in [-0.2, 0) is 26.0 Å². The zero-order chi connectivity index (χ0) is 23.5. The molecule has 3 rings (SSSR count). The Morgan fingerprint density at radius 3 is 2.69 bits per heavy atom. The Morgan fingerprint density at radius 2 is 2.03 bits per heavy atom. The number of amides is 1. The SMILES string of the molecule is CC1Cc2cc(C(=O)OCC(=O)N(CCC#N)c3cccc(Cl)c3)ccc2N1S(C)(=O)=O. The van der Waals surface area contributed by atoms with E-state index < -0.39 is 28.5 Å². The highest BCUT2D eigenvalue weighted by Gasteiger charge is 2.33. The summed E-state index contributed by atoms with van der Waals surface area (Å²) in [5.74, 6) is -1.19. The van der Waals surface area contributed by atoms with Gasteiger partial charge in [0.15, 0.2) is 6.61 Å². The fourth-order valence-electron chi connectivity index (χ4n) is 3.73. The number of carbonyl (C=O) groups is 2. The molecular weight excluding hydrogens is 454 g/mol. The number of benzene rings is 2. The lowest BCUT2D eigenvalue weighted by Gasteiger charge is -2.22. The molecule has 0 saturated heterocycles. The Balaban J connectivity index is 1.72. The van der Waals surface area contributed by atoms with E-state index in [9.17, 15) is 18.0 Å². The van der Waals surface area contributed by atoms with Gasteiger partial charge in [-0.3, -0.25) is 9.10 Å². The van der Waals surface area contributed by atoms with Gasteiger partial charge in [-0.05, 0) is 55.3 Å². The predicted molar refractivity (Wildman–Crippen MR) is 121 cm³/mol. The summed E-state index contributed by atoms with van der Waals surface area (Å²) < 4.78 is 30.6. The molecule has 0 N–H and O–H groups in total. The number of fused-ring (bicyclic) bond motifs is 1. The minimum Gasteiger partial charge on any atom is -0.452 e. The van der Waals surface area contributed by atoms with Crippen LogP contribution in [0.5, 0.6) is 0 Å². The first kappa shape index (κ1) is 23.6. The van der Waals surface area contributed by atoms with E-state index >= 15 is 0 Å². The summed E-state index contributed by atoms with van der Waals surface area (Å²) in [6, 6.07) is 13.0. The van der Waals surface area contributed by atoms with Gasteiger partial charge in [0.05, 0.1) is 30.0 Å². The molecule has 1 unspecified atom stereocenters. The van der Waals surface area contributed by atoms with Crippen molar-refractivity contribution in [2.75, 3.05) is 28.6 Å². The maximum absolute atomic E-state index is 12.7. The van der Waals surface area contributed by atoms with Crippen LogP contribution in [0.3, 0.4) is 0 Å². The van der Waals surface area contributed by atoms with Gasteiger partial charge >= 0.3 is 5.97 Å². The molecular formula is C22H22ClN3O5S. The van der Waals surface area contributed by atoms with Crippen molar-refractivity contribution in [1.29, 1.82) is 5.26 Å². The Labute approximate surface area is 192 Å². The normalized spacial score (nSPS) is 15.1. The van der Waals surface area contributed by atoms with Gasteiger partial charge in [0, 0.05) is 23.3 Å². The highest BCUT2D eigenvalue weighted by atomic mass is 35.5. The van der Waals surface area contributed by atoms with Crippen molar-refractivity contribution in [3.05, 3.63) is 58.6 Å². The lowest BCUT2D eigenvalue weighted by atomic mass is 10.1. The maximum atomic E-state index is 12.7. The van der Waals surface area contributed by atoms with Crippen molar-refractivity contribution in [2.45, 2.75) is 25.8 Å². The molecule has 168 valence electrons. The maximum Gasteiger partial charge on any atom is 0.338 e. The molecule has 0 fully saturated rings. The first-order valence-electron chi connectivity index (χ1n) is 9.84. The first-order chi connectivity index (χ1) is 15.1. The monoisotopic (exact) mass is 475 g/mol. The van der Waals surface area contributed by atoms with Crippen LogP contribution in [0.4, 0.5) is 11.4 Å². The van der Waals surface area contributed by atoms with Crippen LogP contribution in [0.25, 0.3) is 0 Å². The Bertz CT molecular complexity index is 1190. The van der Waals surface area contributed by atoms with Gasteiger partial charge in [0.25, 0.3) is 5.91 Å². The number of anilines is 2. The minimum atomic E-state index is -3.43. The fourth-order valence-corrected chi connectivity index (χ4v) is 5.18. The van der Waals surface area contributed by atoms with Crippen molar-refractivity contribution in [2.24, 2.45) is 0 Å². The third kappa shape index (κ3) is 5.21. The molecule has 0 bridgehead atoms. The van der Waals surface area contributed by atoms with Crippen LogP contribution in [0.15, 0.2) is 42.5 Å². The zero-order valence-corrected chi connectivity index (χ0v) is 19.2. The van der Waals surface area contributed by atoms with E-state index in [-0.39, 0.29) is 24.6 Å². The Hall–Kier alpha value is -3.09. The summed E-state index contributed by atoms with van der Waals surface area (Å²) in [5, 5.41) is 9.32. The number of halogens is 1. The van der Waals surface area contributed by atoms with Gasteiger partial charge in [0.1, 0.15) is 0 Å². The molecule has 32 heavy (non-hydrogen) atoms. The van der Waals surface area contributed by atoms with Crippen molar-refractivity contribution >= 4 is 44.9 Å². The molecule has 0 spiro atoms. The lowest BCUT2D eigenvalue weighted by molar-refractivity contribution is -0.121. The van der Waals surface area contributed by atoms with Crippen LogP contribution in [0.2, 0.25) is 5.02 Å². The van der Waals surface area contributed by atoms with Crippen molar-refractivity contribution < 1.29 is 22.7 Å². The Morgan fingerprint density at radius 1 is 1.28 bits per heavy atom. The van der Waals surface area contributed by atoms with Crippen LogP contribution < -0.4 is 9.21 Å². The number of hydrogen-bond acceptors (Lipinski definition) is 6. The third-order valence-corrected chi connectivity index (χ3v) is 6.53. The summed E-state index contributed by atoms with van der Waals surface area (Å²) in [6.45, 7) is 1.41. The number of nitriles is 1. The molecule has 10 heteroatoms. The highest BCUT2D eigenvalue weighted by molar-refractivity contribution is 7.92. The number of rotatable bonds is 7. The lowest BCUT2D eigenvalue weighted by Crippen LogP contribution is -2.35. The Kier molecular flexibility index (Phi) is 7.06. The third-order valence-electron chi connectivity index (χ3n) is 5.02. The topological polar surface area (TPSA) is 108 Å². The van der Waals surface area contributed by atoms with Crippen LogP contribution in [0.1, 0.15) is 29.3 Å². The average Bonchev–Trinajstić information content (AvgIpc) is 3.07. The fraction of sp³-hybridized carbons (Fsp3) is 0.318. The van der Waals surface area contributed by atoms with E-state index in [1.54, 1.807) is 43.3 Å². The van der Waals surface area contributed by atoms with E-state index in [0.717, 1.165) is 11.8 Å². The highest BCUT2D eigenvalue weighted by Crippen LogP contribution is 2.34.